The van der Waals surface area contributed by atoms with Crippen molar-refractivity contribution in [2.45, 2.75) is 0 Å². The zero-order chi connectivity index (χ0) is 41.0. The van der Waals surface area contributed by atoms with Gasteiger partial charge in [0.25, 0.3) is 0 Å². The highest BCUT2D eigenvalue weighted by atomic mass is 16.3. The van der Waals surface area contributed by atoms with Crippen LogP contribution in [-0.2, 0) is 0 Å². The second kappa shape index (κ2) is 14.8. The van der Waals surface area contributed by atoms with Crippen molar-refractivity contribution in [3.05, 3.63) is 237 Å². The molecule has 0 spiro atoms. The fraction of sp³-hybridized carbons (Fsp3) is 0. The Hall–Kier alpha value is -8.20. The lowest BCUT2D eigenvalue weighted by Gasteiger charge is -2.29. The average Bonchev–Trinajstić information content (AvgIpc) is 3.74. The van der Waals surface area contributed by atoms with Gasteiger partial charge in [-0.1, -0.05) is 182 Å². The number of furan rings is 1. The summed E-state index contributed by atoms with van der Waals surface area (Å²) in [6.45, 7) is 0. The predicted molar refractivity (Wildman–Crippen MR) is 263 cm³/mol. The molecule has 0 saturated carbocycles. The van der Waals surface area contributed by atoms with Crippen LogP contribution in [0.3, 0.4) is 0 Å². The molecule has 0 saturated heterocycles. The first-order valence-electron chi connectivity index (χ1n) is 21.2. The number of benzene rings is 11. The van der Waals surface area contributed by atoms with Crippen molar-refractivity contribution in [1.82, 2.24) is 0 Å². The minimum atomic E-state index is 0.896. The standard InChI is InChI=1S/C60H39NO/c1-2-12-42(13-3-1)54-36-30-48(47-23-21-40-11-4-5-15-45(40)37-47)39-57(54)61(51-33-27-44(28-34-51)55-18-10-20-59-60(55)56-17-8-9-19-58(56)62-59)50-31-25-41(26-32-50)46-29-35-53-49(38-46)24-22-43-14-6-7-16-52(43)53/h1-39H. The molecule has 1 aromatic heterocycles. The maximum atomic E-state index is 6.29. The summed E-state index contributed by atoms with van der Waals surface area (Å²) >= 11 is 0. The number of hydrogen-bond acceptors (Lipinski definition) is 2. The molecular formula is C60H39NO. The molecule has 0 atom stereocenters. The summed E-state index contributed by atoms with van der Waals surface area (Å²) in [6.07, 6.45) is 0. The summed E-state index contributed by atoms with van der Waals surface area (Å²) < 4.78 is 6.29. The van der Waals surface area contributed by atoms with Gasteiger partial charge in [0, 0.05) is 27.7 Å². The Morgan fingerprint density at radius 3 is 1.63 bits per heavy atom. The molecule has 290 valence electrons. The molecule has 1 heterocycles. The van der Waals surface area contributed by atoms with Crippen molar-refractivity contribution in [3.8, 4) is 44.5 Å². The van der Waals surface area contributed by atoms with Crippen molar-refractivity contribution in [1.29, 1.82) is 0 Å². The molecule has 12 rings (SSSR count). The molecule has 0 bridgehead atoms. The minimum absolute atomic E-state index is 0.896. The highest BCUT2D eigenvalue weighted by Crippen LogP contribution is 2.45. The Morgan fingerprint density at radius 1 is 0.274 bits per heavy atom. The number of anilines is 3. The van der Waals surface area contributed by atoms with Crippen molar-refractivity contribution >= 4 is 71.3 Å². The fourth-order valence-corrected chi connectivity index (χ4v) is 9.36. The van der Waals surface area contributed by atoms with Gasteiger partial charge in [0.2, 0.25) is 0 Å². The Labute approximate surface area is 360 Å². The van der Waals surface area contributed by atoms with E-state index in [1.807, 2.05) is 12.1 Å². The molecule has 2 nitrogen and oxygen atoms in total. The molecule has 0 aliphatic carbocycles. The van der Waals surface area contributed by atoms with E-state index in [0.29, 0.717) is 0 Å². The highest BCUT2D eigenvalue weighted by Gasteiger charge is 2.20. The van der Waals surface area contributed by atoms with E-state index in [4.69, 9.17) is 4.42 Å². The fourth-order valence-electron chi connectivity index (χ4n) is 9.36. The normalized spacial score (nSPS) is 11.5. The van der Waals surface area contributed by atoms with Gasteiger partial charge in [-0.2, -0.15) is 0 Å². The first-order valence-corrected chi connectivity index (χ1v) is 21.2. The largest absolute Gasteiger partial charge is 0.456 e. The van der Waals surface area contributed by atoms with E-state index in [1.165, 1.54) is 49.0 Å². The van der Waals surface area contributed by atoms with Crippen molar-refractivity contribution in [2.75, 3.05) is 4.90 Å². The zero-order valence-electron chi connectivity index (χ0n) is 33.9. The SMILES string of the molecule is c1ccc(-c2ccc(-c3ccc4ccccc4c3)cc2N(c2ccc(-c3ccc4c(ccc5ccccc54)c3)cc2)c2ccc(-c3cccc4oc5ccccc5c34)cc2)cc1. The quantitative estimate of drug-likeness (QED) is 0.150. The Balaban J connectivity index is 1.02. The first kappa shape index (κ1) is 35.7. The van der Waals surface area contributed by atoms with Crippen LogP contribution < -0.4 is 4.90 Å². The molecule has 0 aliphatic rings. The Kier molecular flexibility index (Phi) is 8.53. The lowest BCUT2D eigenvalue weighted by Crippen LogP contribution is -2.11. The lowest BCUT2D eigenvalue weighted by molar-refractivity contribution is 0.669. The van der Waals surface area contributed by atoms with Gasteiger partial charge in [0.1, 0.15) is 11.2 Å². The van der Waals surface area contributed by atoms with Gasteiger partial charge in [-0.3, -0.25) is 0 Å². The summed E-state index contributed by atoms with van der Waals surface area (Å²) in [5, 5.41) is 9.78. The van der Waals surface area contributed by atoms with Crippen molar-refractivity contribution in [2.24, 2.45) is 0 Å². The van der Waals surface area contributed by atoms with E-state index in [9.17, 15) is 0 Å². The van der Waals surface area contributed by atoms with Crippen molar-refractivity contribution in [3.63, 3.8) is 0 Å². The third-order valence-corrected chi connectivity index (χ3v) is 12.4. The van der Waals surface area contributed by atoms with E-state index in [2.05, 4.69) is 229 Å². The van der Waals surface area contributed by atoms with Crippen LogP contribution in [0.2, 0.25) is 0 Å². The monoisotopic (exact) mass is 789 g/mol. The van der Waals surface area contributed by atoms with Gasteiger partial charge in [0.05, 0.1) is 5.69 Å². The number of rotatable bonds is 7. The third-order valence-electron chi connectivity index (χ3n) is 12.4. The molecule has 0 unspecified atom stereocenters. The van der Waals surface area contributed by atoms with E-state index >= 15 is 0 Å². The first-order chi connectivity index (χ1) is 30.7. The highest BCUT2D eigenvalue weighted by molar-refractivity contribution is 6.12. The van der Waals surface area contributed by atoms with Crippen LogP contribution in [-0.4, -0.2) is 0 Å². The van der Waals surface area contributed by atoms with Crippen LogP contribution in [0.15, 0.2) is 241 Å². The number of hydrogen-bond donors (Lipinski definition) is 0. The average molecular weight is 790 g/mol. The van der Waals surface area contributed by atoms with Gasteiger partial charge >= 0.3 is 0 Å². The van der Waals surface area contributed by atoms with E-state index in [-0.39, 0.29) is 0 Å². The summed E-state index contributed by atoms with van der Waals surface area (Å²) in [4.78, 5) is 2.42. The Morgan fingerprint density at radius 2 is 0.806 bits per heavy atom. The van der Waals surface area contributed by atoms with Crippen LogP contribution in [0, 0.1) is 0 Å². The summed E-state index contributed by atoms with van der Waals surface area (Å²) in [6, 6.07) is 85.7. The van der Waals surface area contributed by atoms with Crippen LogP contribution in [0.25, 0.3) is 98.8 Å². The predicted octanol–water partition coefficient (Wildman–Crippen LogP) is 17.2. The Bertz CT molecular complexity index is 3620. The molecule has 0 amide bonds. The molecular weight excluding hydrogens is 751 g/mol. The van der Waals surface area contributed by atoms with E-state index < -0.39 is 0 Å². The molecule has 0 N–H and O–H groups in total. The molecule has 62 heavy (non-hydrogen) atoms. The van der Waals surface area contributed by atoms with Crippen LogP contribution in [0.5, 0.6) is 0 Å². The summed E-state index contributed by atoms with van der Waals surface area (Å²) in [7, 11) is 0. The summed E-state index contributed by atoms with van der Waals surface area (Å²) in [5.74, 6) is 0. The maximum absolute atomic E-state index is 6.29. The molecule has 0 fully saturated rings. The van der Waals surface area contributed by atoms with Crippen LogP contribution in [0.4, 0.5) is 17.1 Å². The second-order valence-electron chi connectivity index (χ2n) is 16.1. The number of para-hydroxylation sites is 1. The molecule has 11 aromatic carbocycles. The molecule has 0 radical (unpaired) electrons. The van der Waals surface area contributed by atoms with Crippen molar-refractivity contribution < 1.29 is 4.42 Å². The summed E-state index contributed by atoms with van der Waals surface area (Å²) in [5.41, 5.74) is 14.3. The zero-order valence-corrected chi connectivity index (χ0v) is 33.9. The van der Waals surface area contributed by atoms with Crippen LogP contribution >= 0.6 is 0 Å². The van der Waals surface area contributed by atoms with E-state index in [1.54, 1.807) is 0 Å². The van der Waals surface area contributed by atoms with Gasteiger partial charge in [-0.05, 0) is 126 Å². The lowest BCUT2D eigenvalue weighted by atomic mass is 9.95. The third kappa shape index (κ3) is 6.20. The van der Waals surface area contributed by atoms with Gasteiger partial charge < -0.3 is 9.32 Å². The minimum Gasteiger partial charge on any atom is -0.456 e. The van der Waals surface area contributed by atoms with Gasteiger partial charge in [-0.15, -0.1) is 0 Å². The smallest absolute Gasteiger partial charge is 0.136 e. The van der Waals surface area contributed by atoms with Crippen LogP contribution in [0.1, 0.15) is 0 Å². The number of fused-ring (bicyclic) bond motifs is 7. The van der Waals surface area contributed by atoms with E-state index in [0.717, 1.165) is 66.8 Å². The maximum Gasteiger partial charge on any atom is 0.136 e. The second-order valence-corrected chi connectivity index (χ2v) is 16.1. The molecule has 12 aromatic rings. The van der Waals surface area contributed by atoms with Gasteiger partial charge in [-0.25, -0.2) is 0 Å². The van der Waals surface area contributed by atoms with Gasteiger partial charge in [0.15, 0.2) is 0 Å². The number of nitrogens with zero attached hydrogens (tertiary/aromatic N) is 1. The molecule has 0 aliphatic heterocycles. The topological polar surface area (TPSA) is 16.4 Å². The molecule has 2 heteroatoms.